The molecule has 2 bridgehead atoms. The zero-order chi connectivity index (χ0) is 12.8. The van der Waals surface area contributed by atoms with Crippen molar-refractivity contribution in [2.24, 2.45) is 16.7 Å². The first kappa shape index (κ1) is 12.9. The first-order valence-electron chi connectivity index (χ1n) is 7.87. The lowest BCUT2D eigenvalue weighted by atomic mass is 9.68. The van der Waals surface area contributed by atoms with Crippen molar-refractivity contribution in [3.8, 4) is 0 Å². The van der Waals surface area contributed by atoms with Crippen molar-refractivity contribution >= 4 is 0 Å². The molecule has 3 fully saturated rings. The minimum atomic E-state index is 0.490. The van der Waals surface area contributed by atoms with Crippen LogP contribution in [-0.2, 0) is 4.74 Å². The quantitative estimate of drug-likeness (QED) is 0.827. The molecule has 1 heterocycles. The van der Waals surface area contributed by atoms with Gasteiger partial charge in [0.1, 0.15) is 0 Å². The highest BCUT2D eigenvalue weighted by Gasteiger charge is 2.58. The predicted molar refractivity (Wildman–Crippen MR) is 74.6 cm³/mol. The van der Waals surface area contributed by atoms with Gasteiger partial charge in [0, 0.05) is 12.6 Å². The van der Waals surface area contributed by atoms with E-state index in [2.05, 4.69) is 26.1 Å². The van der Waals surface area contributed by atoms with Gasteiger partial charge in [-0.05, 0) is 61.8 Å². The number of rotatable bonds is 4. The highest BCUT2D eigenvalue weighted by atomic mass is 16.5. The fraction of sp³-hybridized carbons (Fsp3) is 1.00. The van der Waals surface area contributed by atoms with E-state index in [1.807, 2.05) is 0 Å². The highest BCUT2D eigenvalue weighted by Crippen LogP contribution is 2.62. The molecule has 3 rings (SSSR count). The van der Waals surface area contributed by atoms with E-state index < -0.39 is 0 Å². The van der Waals surface area contributed by atoms with E-state index in [1.54, 1.807) is 0 Å². The summed E-state index contributed by atoms with van der Waals surface area (Å²) in [5.41, 5.74) is 1.05. The van der Waals surface area contributed by atoms with Crippen LogP contribution in [0.4, 0.5) is 0 Å². The van der Waals surface area contributed by atoms with Crippen molar-refractivity contribution in [1.29, 1.82) is 0 Å². The monoisotopic (exact) mass is 251 g/mol. The average Bonchev–Trinajstić information content (AvgIpc) is 2.96. The Morgan fingerprint density at radius 2 is 2.06 bits per heavy atom. The predicted octanol–water partition coefficient (Wildman–Crippen LogP) is 3.36. The maximum absolute atomic E-state index is 5.72. The fourth-order valence-corrected chi connectivity index (χ4v) is 5.07. The molecule has 2 aliphatic carbocycles. The maximum atomic E-state index is 5.72. The second kappa shape index (κ2) is 4.49. The van der Waals surface area contributed by atoms with Crippen LogP contribution >= 0.6 is 0 Å². The molecular weight excluding hydrogens is 222 g/mol. The van der Waals surface area contributed by atoms with Gasteiger partial charge in [-0.1, -0.05) is 20.8 Å². The van der Waals surface area contributed by atoms with Gasteiger partial charge in [-0.25, -0.2) is 0 Å². The van der Waals surface area contributed by atoms with Crippen molar-refractivity contribution in [1.82, 2.24) is 5.32 Å². The molecule has 0 aromatic heterocycles. The van der Waals surface area contributed by atoms with Crippen LogP contribution in [-0.4, -0.2) is 25.3 Å². The van der Waals surface area contributed by atoms with Crippen molar-refractivity contribution in [2.75, 3.05) is 13.2 Å². The van der Waals surface area contributed by atoms with Crippen molar-refractivity contribution in [3.63, 3.8) is 0 Å². The van der Waals surface area contributed by atoms with Crippen LogP contribution in [0, 0.1) is 16.7 Å². The van der Waals surface area contributed by atoms with Gasteiger partial charge in [-0.3, -0.25) is 0 Å². The summed E-state index contributed by atoms with van der Waals surface area (Å²) in [5, 5.41) is 3.89. The smallest absolute Gasteiger partial charge is 0.0588 e. The Morgan fingerprint density at radius 1 is 1.22 bits per heavy atom. The van der Waals surface area contributed by atoms with Gasteiger partial charge in [-0.15, -0.1) is 0 Å². The molecule has 2 heteroatoms. The molecule has 0 aromatic rings. The van der Waals surface area contributed by atoms with E-state index in [1.165, 1.54) is 38.5 Å². The summed E-state index contributed by atoms with van der Waals surface area (Å²) in [6, 6.07) is 0.713. The van der Waals surface area contributed by atoms with Crippen molar-refractivity contribution in [3.05, 3.63) is 0 Å². The molecule has 3 aliphatic rings. The minimum Gasteiger partial charge on any atom is -0.378 e. The third kappa shape index (κ3) is 2.02. The second-order valence-electron chi connectivity index (χ2n) is 7.73. The number of hydrogen-bond donors (Lipinski definition) is 1. The summed E-state index contributed by atoms with van der Waals surface area (Å²) in [6.45, 7) is 9.59. The van der Waals surface area contributed by atoms with Crippen molar-refractivity contribution in [2.45, 2.75) is 71.4 Å². The Morgan fingerprint density at radius 3 is 2.67 bits per heavy atom. The largest absolute Gasteiger partial charge is 0.378 e. The molecule has 0 aromatic carbocycles. The third-order valence-corrected chi connectivity index (χ3v) is 6.11. The van der Waals surface area contributed by atoms with E-state index in [4.69, 9.17) is 4.74 Å². The van der Waals surface area contributed by atoms with Crippen molar-refractivity contribution < 1.29 is 4.74 Å². The Balaban J connectivity index is 1.55. The molecule has 104 valence electrons. The molecule has 0 amide bonds. The molecule has 2 nitrogen and oxygen atoms in total. The molecule has 0 spiro atoms. The van der Waals surface area contributed by atoms with E-state index in [0.717, 1.165) is 19.1 Å². The first-order chi connectivity index (χ1) is 8.52. The van der Waals surface area contributed by atoms with Gasteiger partial charge in [-0.2, -0.15) is 0 Å². The summed E-state index contributed by atoms with van der Waals surface area (Å²) in [6.07, 6.45) is 8.60. The zero-order valence-corrected chi connectivity index (χ0v) is 12.3. The lowest BCUT2D eigenvalue weighted by Gasteiger charge is -2.43. The van der Waals surface area contributed by atoms with Crippen LogP contribution in [0.2, 0.25) is 0 Å². The lowest BCUT2D eigenvalue weighted by molar-refractivity contribution is 0.0855. The van der Waals surface area contributed by atoms with Gasteiger partial charge in [0.2, 0.25) is 0 Å². The van der Waals surface area contributed by atoms with Crippen LogP contribution in [0.1, 0.15) is 59.3 Å². The standard InChI is InChI=1S/C16H29NO/c1-15(2)12-6-8-16(3,11-12)14(15)17-9-7-13-5-4-10-18-13/h12-14,17H,4-11H2,1-3H3. The van der Waals surface area contributed by atoms with Gasteiger partial charge >= 0.3 is 0 Å². The molecule has 4 unspecified atom stereocenters. The molecule has 1 aliphatic heterocycles. The minimum absolute atomic E-state index is 0.490. The molecular formula is C16H29NO. The molecule has 18 heavy (non-hydrogen) atoms. The molecule has 1 saturated heterocycles. The topological polar surface area (TPSA) is 21.3 Å². The summed E-state index contributed by atoms with van der Waals surface area (Å²) in [5.74, 6) is 0.947. The van der Waals surface area contributed by atoms with E-state index in [9.17, 15) is 0 Å². The summed E-state index contributed by atoms with van der Waals surface area (Å²) < 4.78 is 5.72. The third-order valence-electron chi connectivity index (χ3n) is 6.11. The van der Waals surface area contributed by atoms with Gasteiger partial charge in [0.05, 0.1) is 6.10 Å². The van der Waals surface area contributed by atoms with Gasteiger partial charge in [0.25, 0.3) is 0 Å². The van der Waals surface area contributed by atoms with Crippen LogP contribution in [0.5, 0.6) is 0 Å². The summed E-state index contributed by atoms with van der Waals surface area (Å²) in [4.78, 5) is 0. The first-order valence-corrected chi connectivity index (χ1v) is 7.87. The van der Waals surface area contributed by atoms with E-state index in [-0.39, 0.29) is 0 Å². The van der Waals surface area contributed by atoms with Gasteiger partial charge in [0.15, 0.2) is 0 Å². The fourth-order valence-electron chi connectivity index (χ4n) is 5.07. The zero-order valence-electron chi connectivity index (χ0n) is 12.3. The maximum Gasteiger partial charge on any atom is 0.0588 e. The highest BCUT2D eigenvalue weighted by molar-refractivity contribution is 5.11. The normalized spacial score (nSPS) is 45.8. The lowest BCUT2D eigenvalue weighted by Crippen LogP contribution is -2.50. The summed E-state index contributed by atoms with van der Waals surface area (Å²) in [7, 11) is 0. The average molecular weight is 251 g/mol. The molecule has 4 atom stereocenters. The number of hydrogen-bond acceptors (Lipinski definition) is 2. The number of ether oxygens (including phenoxy) is 1. The van der Waals surface area contributed by atoms with E-state index >= 15 is 0 Å². The molecule has 1 N–H and O–H groups in total. The van der Waals surface area contributed by atoms with Crippen LogP contribution < -0.4 is 5.32 Å². The van der Waals surface area contributed by atoms with Crippen LogP contribution in [0.3, 0.4) is 0 Å². The molecule has 2 saturated carbocycles. The Hall–Kier alpha value is -0.0800. The van der Waals surface area contributed by atoms with Crippen LogP contribution in [0.25, 0.3) is 0 Å². The van der Waals surface area contributed by atoms with Gasteiger partial charge < -0.3 is 10.1 Å². The van der Waals surface area contributed by atoms with Crippen LogP contribution in [0.15, 0.2) is 0 Å². The Bertz CT molecular complexity index is 303. The summed E-state index contributed by atoms with van der Waals surface area (Å²) >= 11 is 0. The number of nitrogens with one attached hydrogen (secondary N) is 1. The molecule has 0 radical (unpaired) electrons. The second-order valence-corrected chi connectivity index (χ2v) is 7.73. The van der Waals surface area contributed by atoms with E-state index in [0.29, 0.717) is 23.0 Å². The Labute approximate surface area is 112 Å². The number of fused-ring (bicyclic) bond motifs is 2. The Kier molecular flexibility index (Phi) is 3.22. The SMILES string of the molecule is CC12CCC(C1)C(C)(C)C2NCCC1CCCO1.